The van der Waals surface area contributed by atoms with Crippen LogP contribution in [0.3, 0.4) is 0 Å². The third kappa shape index (κ3) is 4.75. The highest BCUT2D eigenvalue weighted by atomic mass is 35.5. The van der Waals surface area contributed by atoms with Crippen LogP contribution in [0.5, 0.6) is 0 Å². The summed E-state index contributed by atoms with van der Waals surface area (Å²) in [6.45, 7) is 3.99. The molecule has 2 heterocycles. The number of amides is 1. The third-order valence-electron chi connectivity index (χ3n) is 4.38. The van der Waals surface area contributed by atoms with Gasteiger partial charge in [0, 0.05) is 42.5 Å². The maximum atomic E-state index is 12.0. The van der Waals surface area contributed by atoms with Crippen LogP contribution in [0.4, 0.5) is 0 Å². The van der Waals surface area contributed by atoms with E-state index in [1.54, 1.807) is 24.1 Å². The van der Waals surface area contributed by atoms with Crippen molar-refractivity contribution in [3.8, 4) is 0 Å². The summed E-state index contributed by atoms with van der Waals surface area (Å²) in [6, 6.07) is 5.45. The number of carbonyl (C=O) groups is 1. The molecule has 1 fully saturated rings. The number of halogens is 2. The Morgan fingerprint density at radius 2 is 2.28 bits per heavy atom. The molecule has 1 amide bonds. The molecule has 1 aromatic heterocycles. The molecule has 134 valence electrons. The Balaban J connectivity index is 1.72. The minimum atomic E-state index is 0.0228. The fourth-order valence-corrected chi connectivity index (χ4v) is 3.45. The molecule has 0 spiro atoms. The van der Waals surface area contributed by atoms with Gasteiger partial charge in [-0.3, -0.25) is 4.79 Å². The molecule has 2 aromatic rings. The van der Waals surface area contributed by atoms with E-state index in [0.29, 0.717) is 29.7 Å². The normalized spacial score (nSPS) is 17.0. The quantitative estimate of drug-likeness (QED) is 0.764. The molecule has 1 atom stereocenters. The summed E-state index contributed by atoms with van der Waals surface area (Å²) in [6.07, 6.45) is 5.81. The maximum Gasteiger partial charge on any atom is 0.219 e. The third-order valence-corrected chi connectivity index (χ3v) is 4.97. The Morgan fingerprint density at radius 3 is 2.96 bits per heavy atom. The van der Waals surface area contributed by atoms with Gasteiger partial charge >= 0.3 is 0 Å². The maximum absolute atomic E-state index is 12.0. The minimum Gasteiger partial charge on any atom is -0.376 e. The first kappa shape index (κ1) is 18.2. The van der Waals surface area contributed by atoms with Crippen molar-refractivity contribution in [2.45, 2.75) is 39.0 Å². The van der Waals surface area contributed by atoms with Crippen molar-refractivity contribution in [2.75, 3.05) is 13.2 Å². The van der Waals surface area contributed by atoms with Gasteiger partial charge in [-0.2, -0.15) is 0 Å². The number of imidazole rings is 1. The molecular weight excluding hydrogens is 361 g/mol. The minimum absolute atomic E-state index is 0.0228. The van der Waals surface area contributed by atoms with Gasteiger partial charge in [0.15, 0.2) is 0 Å². The van der Waals surface area contributed by atoms with E-state index < -0.39 is 0 Å². The van der Waals surface area contributed by atoms with Crippen molar-refractivity contribution in [2.24, 2.45) is 0 Å². The Hall–Kier alpha value is -1.56. The Kier molecular flexibility index (Phi) is 5.99. The molecule has 7 heteroatoms. The summed E-state index contributed by atoms with van der Waals surface area (Å²) in [4.78, 5) is 18.2. The molecule has 1 aliphatic rings. The van der Waals surface area contributed by atoms with Gasteiger partial charge in [0.1, 0.15) is 5.82 Å². The molecule has 0 saturated carbocycles. The van der Waals surface area contributed by atoms with Crippen LogP contribution in [-0.4, -0.2) is 39.6 Å². The molecule has 1 saturated heterocycles. The van der Waals surface area contributed by atoms with Gasteiger partial charge in [0.2, 0.25) is 5.91 Å². The van der Waals surface area contributed by atoms with E-state index >= 15 is 0 Å². The van der Waals surface area contributed by atoms with Gasteiger partial charge in [-0.15, -0.1) is 0 Å². The lowest BCUT2D eigenvalue weighted by molar-refractivity contribution is -0.131. The predicted octanol–water partition coefficient (Wildman–Crippen LogP) is 3.77. The Morgan fingerprint density at radius 1 is 1.44 bits per heavy atom. The number of nitrogens with zero attached hydrogens (tertiary/aromatic N) is 3. The van der Waals surface area contributed by atoms with Crippen molar-refractivity contribution in [1.82, 2.24) is 14.5 Å². The van der Waals surface area contributed by atoms with Crippen molar-refractivity contribution in [1.29, 1.82) is 0 Å². The average molecular weight is 382 g/mol. The van der Waals surface area contributed by atoms with E-state index in [1.165, 1.54) is 0 Å². The molecule has 0 radical (unpaired) electrons. The molecule has 1 aliphatic heterocycles. The van der Waals surface area contributed by atoms with Crippen LogP contribution in [0, 0.1) is 0 Å². The Bertz CT molecular complexity index is 742. The van der Waals surface area contributed by atoms with Gasteiger partial charge < -0.3 is 14.2 Å². The summed E-state index contributed by atoms with van der Waals surface area (Å²) >= 11 is 12.2. The molecular formula is C18H21Cl2N3O2. The van der Waals surface area contributed by atoms with Crippen LogP contribution >= 0.6 is 23.2 Å². The summed E-state index contributed by atoms with van der Waals surface area (Å²) < 4.78 is 7.66. The highest BCUT2D eigenvalue weighted by molar-refractivity contribution is 6.35. The zero-order valence-electron chi connectivity index (χ0n) is 14.1. The van der Waals surface area contributed by atoms with Crippen LogP contribution in [0.15, 0.2) is 30.6 Å². The predicted molar refractivity (Wildman–Crippen MR) is 97.9 cm³/mol. The van der Waals surface area contributed by atoms with Crippen LogP contribution in [0.2, 0.25) is 10.0 Å². The number of aromatic nitrogens is 2. The van der Waals surface area contributed by atoms with Crippen LogP contribution in [-0.2, 0) is 22.6 Å². The van der Waals surface area contributed by atoms with Gasteiger partial charge in [0.05, 0.1) is 19.2 Å². The lowest BCUT2D eigenvalue weighted by Crippen LogP contribution is -2.36. The van der Waals surface area contributed by atoms with Crippen LogP contribution in [0.25, 0.3) is 0 Å². The van der Waals surface area contributed by atoms with E-state index in [0.717, 1.165) is 30.8 Å². The van der Waals surface area contributed by atoms with E-state index in [1.807, 2.05) is 22.9 Å². The number of ether oxygens (including phenoxy) is 1. The topological polar surface area (TPSA) is 47.4 Å². The van der Waals surface area contributed by atoms with Gasteiger partial charge in [0.25, 0.3) is 0 Å². The molecule has 3 rings (SSSR count). The summed E-state index contributed by atoms with van der Waals surface area (Å²) in [5.41, 5.74) is 0.957. The van der Waals surface area contributed by atoms with Gasteiger partial charge in [-0.25, -0.2) is 4.98 Å². The molecule has 0 aliphatic carbocycles. The number of hydrogen-bond acceptors (Lipinski definition) is 3. The van der Waals surface area contributed by atoms with Crippen molar-refractivity contribution in [3.63, 3.8) is 0 Å². The first-order chi connectivity index (χ1) is 12.0. The first-order valence-electron chi connectivity index (χ1n) is 8.34. The second-order valence-corrected chi connectivity index (χ2v) is 7.09. The van der Waals surface area contributed by atoms with E-state index in [9.17, 15) is 4.79 Å². The molecule has 0 unspecified atom stereocenters. The largest absolute Gasteiger partial charge is 0.376 e. The van der Waals surface area contributed by atoms with Crippen molar-refractivity contribution < 1.29 is 9.53 Å². The number of hydrogen-bond donors (Lipinski definition) is 0. The SMILES string of the molecule is CC(=O)N(Cc1nccn1Cc1ccc(Cl)cc1Cl)C[C@H]1CCCO1. The van der Waals surface area contributed by atoms with Gasteiger partial charge in [-0.1, -0.05) is 29.3 Å². The fraction of sp³-hybridized carbons (Fsp3) is 0.444. The molecule has 5 nitrogen and oxygen atoms in total. The fourth-order valence-electron chi connectivity index (χ4n) is 2.98. The second kappa shape index (κ2) is 8.21. The molecule has 0 N–H and O–H groups in total. The highest BCUT2D eigenvalue weighted by Gasteiger charge is 2.22. The zero-order valence-corrected chi connectivity index (χ0v) is 15.6. The summed E-state index contributed by atoms with van der Waals surface area (Å²) in [5.74, 6) is 0.841. The standard InChI is InChI=1S/C18H21Cl2N3O2/c1-13(24)23(11-16-3-2-8-25-16)12-18-21-6-7-22(18)10-14-4-5-15(19)9-17(14)20/h4-7,9,16H,2-3,8,10-12H2,1H3/t16-/m1/s1. The number of rotatable bonds is 6. The van der Waals surface area contributed by atoms with Crippen molar-refractivity contribution in [3.05, 3.63) is 52.0 Å². The highest BCUT2D eigenvalue weighted by Crippen LogP contribution is 2.22. The van der Waals surface area contributed by atoms with Gasteiger partial charge in [-0.05, 0) is 30.5 Å². The lowest BCUT2D eigenvalue weighted by Gasteiger charge is -2.24. The summed E-state index contributed by atoms with van der Waals surface area (Å²) in [7, 11) is 0. The number of benzene rings is 1. The van der Waals surface area contributed by atoms with Crippen LogP contribution in [0.1, 0.15) is 31.2 Å². The molecule has 1 aromatic carbocycles. The van der Waals surface area contributed by atoms with Crippen molar-refractivity contribution >= 4 is 29.1 Å². The average Bonchev–Trinajstić information content (AvgIpc) is 3.21. The molecule has 0 bridgehead atoms. The van der Waals surface area contributed by atoms with Crippen LogP contribution < -0.4 is 0 Å². The monoisotopic (exact) mass is 381 g/mol. The zero-order chi connectivity index (χ0) is 17.8. The second-order valence-electron chi connectivity index (χ2n) is 6.24. The molecule has 25 heavy (non-hydrogen) atoms. The first-order valence-corrected chi connectivity index (χ1v) is 9.09. The number of carbonyl (C=O) groups excluding carboxylic acids is 1. The van der Waals surface area contributed by atoms with E-state index in [-0.39, 0.29) is 12.0 Å². The van der Waals surface area contributed by atoms with E-state index in [4.69, 9.17) is 27.9 Å². The van der Waals surface area contributed by atoms with E-state index in [2.05, 4.69) is 4.98 Å². The lowest BCUT2D eigenvalue weighted by atomic mass is 10.2. The summed E-state index contributed by atoms with van der Waals surface area (Å²) in [5, 5.41) is 1.23. The Labute approximate surface area is 157 Å². The smallest absolute Gasteiger partial charge is 0.219 e.